The summed E-state index contributed by atoms with van der Waals surface area (Å²) >= 11 is 5.79. The van der Waals surface area contributed by atoms with E-state index in [0.29, 0.717) is 17.6 Å². The van der Waals surface area contributed by atoms with E-state index < -0.39 is 0 Å². The summed E-state index contributed by atoms with van der Waals surface area (Å²) in [6.45, 7) is 0.827. The molecule has 0 bridgehead atoms. The molecule has 94 valence electrons. The Kier molecular flexibility index (Phi) is 3.08. The summed E-state index contributed by atoms with van der Waals surface area (Å²) in [6, 6.07) is 4.43. The predicted molar refractivity (Wildman–Crippen MR) is 70.1 cm³/mol. The monoisotopic (exact) mass is 262 g/mol. The van der Waals surface area contributed by atoms with Crippen LogP contribution in [0, 0.1) is 0 Å². The van der Waals surface area contributed by atoms with Crippen LogP contribution >= 0.6 is 11.6 Å². The van der Waals surface area contributed by atoms with Crippen molar-refractivity contribution < 1.29 is 4.79 Å². The molecule has 2 aliphatic rings. The maximum atomic E-state index is 11.4. The topological polar surface area (TPSA) is 33.2 Å². The first kappa shape index (κ1) is 11.7. The van der Waals surface area contributed by atoms with Crippen molar-refractivity contribution in [2.45, 2.75) is 38.3 Å². The number of rotatable bonds is 4. The first-order chi connectivity index (χ1) is 8.72. The molecular weight excluding hydrogens is 248 g/mol. The van der Waals surface area contributed by atoms with Gasteiger partial charge in [0.05, 0.1) is 0 Å². The second kappa shape index (κ2) is 4.73. The molecule has 1 heterocycles. The minimum atomic E-state index is 0.255. The number of carbonyl (C=O) groups excluding carboxylic acids is 1. The van der Waals surface area contributed by atoms with Crippen molar-refractivity contribution in [3.05, 3.63) is 40.8 Å². The lowest BCUT2D eigenvalue weighted by Gasteiger charge is -2.25. The summed E-state index contributed by atoms with van der Waals surface area (Å²) in [6.07, 6.45) is 7.63. The van der Waals surface area contributed by atoms with Crippen molar-refractivity contribution >= 4 is 17.4 Å². The standard InChI is InChI=1S/C14H15ClN2O/c15-14-6-1-10(8-16-14)9-17(11-2-3-11)12-4-5-13(18)7-12/h1,6-8,11H,2-5,9H2. The second-order valence-electron chi connectivity index (χ2n) is 4.95. The Balaban J connectivity index is 1.76. The molecule has 0 aromatic carbocycles. The molecule has 0 aliphatic heterocycles. The van der Waals surface area contributed by atoms with Crippen LogP contribution in [0.25, 0.3) is 0 Å². The van der Waals surface area contributed by atoms with Crippen molar-refractivity contribution in [3.63, 3.8) is 0 Å². The number of hydrogen-bond donors (Lipinski definition) is 0. The number of halogens is 1. The highest BCUT2D eigenvalue weighted by Crippen LogP contribution is 2.34. The van der Waals surface area contributed by atoms with Gasteiger partial charge in [0.15, 0.2) is 5.78 Å². The molecule has 0 saturated heterocycles. The summed E-state index contributed by atoms with van der Waals surface area (Å²) in [5.41, 5.74) is 2.34. The van der Waals surface area contributed by atoms with E-state index in [4.69, 9.17) is 11.6 Å². The van der Waals surface area contributed by atoms with Gasteiger partial charge in [-0.2, -0.15) is 0 Å². The fourth-order valence-electron chi connectivity index (χ4n) is 2.36. The van der Waals surface area contributed by atoms with Crippen LogP contribution < -0.4 is 0 Å². The molecule has 1 aromatic heterocycles. The molecule has 0 radical (unpaired) electrons. The second-order valence-corrected chi connectivity index (χ2v) is 5.34. The van der Waals surface area contributed by atoms with E-state index in [1.807, 2.05) is 24.4 Å². The van der Waals surface area contributed by atoms with E-state index >= 15 is 0 Å². The van der Waals surface area contributed by atoms with Gasteiger partial charge in [0.25, 0.3) is 0 Å². The van der Waals surface area contributed by atoms with Gasteiger partial charge in [-0.1, -0.05) is 17.7 Å². The van der Waals surface area contributed by atoms with Crippen LogP contribution in [0.15, 0.2) is 30.1 Å². The Morgan fingerprint density at radius 1 is 1.33 bits per heavy atom. The number of allylic oxidation sites excluding steroid dienone is 2. The molecular formula is C14H15ClN2O. The fraction of sp³-hybridized carbons (Fsp3) is 0.429. The summed E-state index contributed by atoms with van der Waals surface area (Å²) in [4.78, 5) is 17.8. The maximum absolute atomic E-state index is 11.4. The zero-order valence-electron chi connectivity index (χ0n) is 10.1. The average Bonchev–Trinajstić information content (AvgIpc) is 3.11. The molecule has 1 fully saturated rings. The lowest BCUT2D eigenvalue weighted by atomic mass is 10.2. The van der Waals surface area contributed by atoms with E-state index in [2.05, 4.69) is 9.88 Å². The van der Waals surface area contributed by atoms with E-state index in [9.17, 15) is 4.79 Å². The molecule has 4 heteroatoms. The van der Waals surface area contributed by atoms with Gasteiger partial charge in [-0.05, 0) is 30.9 Å². The minimum Gasteiger partial charge on any atom is -0.367 e. The highest BCUT2D eigenvalue weighted by atomic mass is 35.5. The predicted octanol–water partition coefficient (Wildman–Crippen LogP) is 2.95. The number of ketones is 1. The van der Waals surface area contributed by atoms with Crippen LogP contribution in [0.2, 0.25) is 5.15 Å². The smallest absolute Gasteiger partial charge is 0.157 e. The Labute approximate surface area is 111 Å². The van der Waals surface area contributed by atoms with Gasteiger partial charge in [-0.25, -0.2) is 4.98 Å². The molecule has 2 aliphatic carbocycles. The molecule has 0 amide bonds. The fourth-order valence-corrected chi connectivity index (χ4v) is 2.47. The quantitative estimate of drug-likeness (QED) is 0.783. The molecule has 1 saturated carbocycles. The molecule has 3 nitrogen and oxygen atoms in total. The number of hydrogen-bond acceptors (Lipinski definition) is 3. The Hall–Kier alpha value is -1.35. The van der Waals surface area contributed by atoms with Crippen molar-refractivity contribution in [3.8, 4) is 0 Å². The lowest BCUT2D eigenvalue weighted by molar-refractivity contribution is -0.114. The van der Waals surface area contributed by atoms with Gasteiger partial charge < -0.3 is 4.90 Å². The van der Waals surface area contributed by atoms with Crippen LogP contribution in [0.1, 0.15) is 31.2 Å². The zero-order valence-corrected chi connectivity index (χ0v) is 10.9. The first-order valence-corrected chi connectivity index (χ1v) is 6.70. The third-order valence-corrected chi connectivity index (χ3v) is 3.68. The van der Waals surface area contributed by atoms with E-state index in [-0.39, 0.29) is 5.78 Å². The van der Waals surface area contributed by atoms with Gasteiger partial charge in [-0.15, -0.1) is 0 Å². The van der Waals surface area contributed by atoms with Gasteiger partial charge in [-0.3, -0.25) is 4.79 Å². The molecule has 0 unspecified atom stereocenters. The number of pyridine rings is 1. The molecule has 3 rings (SSSR count). The van der Waals surface area contributed by atoms with Crippen molar-refractivity contribution in [2.24, 2.45) is 0 Å². The average molecular weight is 263 g/mol. The normalized spacial score (nSPS) is 18.9. The number of nitrogens with zero attached hydrogens (tertiary/aromatic N) is 2. The summed E-state index contributed by atoms with van der Waals surface area (Å²) in [7, 11) is 0. The summed E-state index contributed by atoms with van der Waals surface area (Å²) < 4.78 is 0. The molecule has 0 N–H and O–H groups in total. The highest BCUT2D eigenvalue weighted by Gasteiger charge is 2.32. The van der Waals surface area contributed by atoms with Crippen molar-refractivity contribution in [2.75, 3.05) is 0 Å². The van der Waals surface area contributed by atoms with Gasteiger partial charge in [0.2, 0.25) is 0 Å². The number of aromatic nitrogens is 1. The summed E-state index contributed by atoms with van der Waals surface area (Å²) in [5, 5.41) is 0.520. The number of carbonyl (C=O) groups is 1. The van der Waals surface area contributed by atoms with Crippen LogP contribution in [-0.4, -0.2) is 21.7 Å². The highest BCUT2D eigenvalue weighted by molar-refractivity contribution is 6.29. The van der Waals surface area contributed by atoms with Gasteiger partial charge in [0, 0.05) is 37.0 Å². The van der Waals surface area contributed by atoms with Crippen LogP contribution in [0.5, 0.6) is 0 Å². The Bertz CT molecular complexity index is 491. The first-order valence-electron chi connectivity index (χ1n) is 6.33. The third kappa shape index (κ3) is 2.56. The van der Waals surface area contributed by atoms with Gasteiger partial charge >= 0.3 is 0 Å². The van der Waals surface area contributed by atoms with Crippen molar-refractivity contribution in [1.29, 1.82) is 0 Å². The van der Waals surface area contributed by atoms with E-state index in [0.717, 1.165) is 18.5 Å². The largest absolute Gasteiger partial charge is 0.367 e. The van der Waals surface area contributed by atoms with Crippen molar-refractivity contribution in [1.82, 2.24) is 9.88 Å². The zero-order chi connectivity index (χ0) is 12.5. The maximum Gasteiger partial charge on any atom is 0.157 e. The van der Waals surface area contributed by atoms with Gasteiger partial charge in [0.1, 0.15) is 5.15 Å². The van der Waals surface area contributed by atoms with Crippen LogP contribution in [0.3, 0.4) is 0 Å². The molecule has 0 spiro atoms. The minimum absolute atomic E-state index is 0.255. The Morgan fingerprint density at radius 3 is 2.72 bits per heavy atom. The summed E-state index contributed by atoms with van der Waals surface area (Å²) in [5.74, 6) is 0.255. The molecule has 1 aromatic rings. The van der Waals surface area contributed by atoms with E-state index in [1.165, 1.54) is 18.5 Å². The molecule has 18 heavy (non-hydrogen) atoms. The van der Waals surface area contributed by atoms with Crippen LogP contribution in [0.4, 0.5) is 0 Å². The van der Waals surface area contributed by atoms with E-state index in [1.54, 1.807) is 0 Å². The van der Waals surface area contributed by atoms with Crippen LogP contribution in [-0.2, 0) is 11.3 Å². The third-order valence-electron chi connectivity index (χ3n) is 3.45. The Morgan fingerprint density at radius 2 is 2.17 bits per heavy atom. The lowest BCUT2D eigenvalue weighted by Crippen LogP contribution is -2.24. The molecule has 0 atom stereocenters. The SMILES string of the molecule is O=C1C=C(N(Cc2ccc(Cl)nc2)C2CC2)CC1.